The van der Waals surface area contributed by atoms with Crippen LogP contribution in [0.4, 0.5) is 5.69 Å². The summed E-state index contributed by atoms with van der Waals surface area (Å²) in [5, 5.41) is 9.24. The van der Waals surface area contributed by atoms with Crippen LogP contribution < -0.4 is 5.73 Å². The first-order chi connectivity index (χ1) is 6.16. The van der Waals surface area contributed by atoms with E-state index in [0.29, 0.717) is 17.2 Å². The Hall–Kier alpha value is -1.62. The van der Waals surface area contributed by atoms with Gasteiger partial charge in [-0.05, 0) is 13.0 Å². The van der Waals surface area contributed by atoms with Crippen LogP contribution in [0.2, 0.25) is 0 Å². The zero-order valence-corrected chi connectivity index (χ0v) is 7.15. The number of H-pyrrole nitrogens is 1. The summed E-state index contributed by atoms with van der Waals surface area (Å²) in [4.78, 5) is 11.0. The van der Waals surface area contributed by atoms with Crippen molar-refractivity contribution >= 4 is 16.9 Å². The molecule has 0 aliphatic rings. The van der Waals surface area contributed by atoms with Crippen LogP contribution in [0.15, 0.2) is 12.3 Å². The predicted molar refractivity (Wildman–Crippen MR) is 48.9 cm³/mol. The molecule has 2 aromatic rings. The van der Waals surface area contributed by atoms with Gasteiger partial charge in [-0.2, -0.15) is 0 Å². The topological polar surface area (TPSA) is 87.8 Å². The maximum atomic E-state index is 9.24. The molecule has 1 unspecified atom stereocenters. The van der Waals surface area contributed by atoms with E-state index >= 15 is 0 Å². The standard InChI is InChI=1S/C8H10N4O/c1-4(13)7-11-6-2-5(9)3-10-8(6)12-7/h2-4,13H,9H2,1H3,(H,10,11,12). The van der Waals surface area contributed by atoms with E-state index in [0.717, 1.165) is 5.52 Å². The van der Waals surface area contributed by atoms with Crippen LogP contribution >= 0.6 is 0 Å². The Bertz CT molecular complexity index is 435. The number of pyridine rings is 1. The SMILES string of the molecule is CC(O)c1nc2ncc(N)cc2[nH]1. The average Bonchev–Trinajstić information content (AvgIpc) is 2.46. The van der Waals surface area contributed by atoms with Gasteiger partial charge in [0.15, 0.2) is 5.65 Å². The van der Waals surface area contributed by atoms with Crippen molar-refractivity contribution in [2.24, 2.45) is 0 Å². The van der Waals surface area contributed by atoms with Crippen molar-refractivity contribution in [1.29, 1.82) is 0 Å². The number of nitrogen functional groups attached to an aromatic ring is 1. The lowest BCUT2D eigenvalue weighted by atomic mass is 10.4. The Labute approximate surface area is 74.6 Å². The fourth-order valence-electron chi connectivity index (χ4n) is 1.13. The molecule has 5 heteroatoms. The number of hydrogen-bond acceptors (Lipinski definition) is 4. The summed E-state index contributed by atoms with van der Waals surface area (Å²) in [7, 11) is 0. The second-order valence-electron chi connectivity index (χ2n) is 2.94. The van der Waals surface area contributed by atoms with Crippen LogP contribution in [0.1, 0.15) is 18.9 Å². The zero-order chi connectivity index (χ0) is 9.42. The lowest BCUT2D eigenvalue weighted by Crippen LogP contribution is -1.92. The number of nitrogens with zero attached hydrogens (tertiary/aromatic N) is 2. The van der Waals surface area contributed by atoms with Crippen molar-refractivity contribution in [2.45, 2.75) is 13.0 Å². The Morgan fingerprint density at radius 3 is 3.08 bits per heavy atom. The van der Waals surface area contributed by atoms with Crippen molar-refractivity contribution in [3.8, 4) is 0 Å². The van der Waals surface area contributed by atoms with Gasteiger partial charge in [0.05, 0.1) is 17.4 Å². The number of fused-ring (bicyclic) bond motifs is 1. The van der Waals surface area contributed by atoms with Gasteiger partial charge >= 0.3 is 0 Å². The van der Waals surface area contributed by atoms with E-state index in [1.807, 2.05) is 0 Å². The third kappa shape index (κ3) is 1.33. The number of nitrogens with one attached hydrogen (secondary N) is 1. The molecule has 0 spiro atoms. The molecule has 2 heterocycles. The molecule has 0 bridgehead atoms. The van der Waals surface area contributed by atoms with Gasteiger partial charge in [0, 0.05) is 0 Å². The van der Waals surface area contributed by atoms with Crippen molar-refractivity contribution < 1.29 is 5.11 Å². The Morgan fingerprint density at radius 1 is 1.62 bits per heavy atom. The van der Waals surface area contributed by atoms with E-state index in [2.05, 4.69) is 15.0 Å². The lowest BCUT2D eigenvalue weighted by molar-refractivity contribution is 0.190. The molecule has 13 heavy (non-hydrogen) atoms. The number of rotatable bonds is 1. The summed E-state index contributed by atoms with van der Waals surface area (Å²) in [6, 6.07) is 1.74. The van der Waals surface area contributed by atoms with Crippen LogP contribution in [0.25, 0.3) is 11.2 Å². The fourth-order valence-corrected chi connectivity index (χ4v) is 1.13. The summed E-state index contributed by atoms with van der Waals surface area (Å²) in [6.07, 6.45) is 0.921. The molecule has 2 aromatic heterocycles. The van der Waals surface area contributed by atoms with Crippen LogP contribution in [0.5, 0.6) is 0 Å². The van der Waals surface area contributed by atoms with Gasteiger partial charge in [0.2, 0.25) is 0 Å². The molecule has 2 rings (SSSR count). The summed E-state index contributed by atoms with van der Waals surface area (Å²) in [6.45, 7) is 1.64. The van der Waals surface area contributed by atoms with Crippen LogP contribution in [-0.4, -0.2) is 20.1 Å². The molecule has 0 amide bonds. The largest absolute Gasteiger partial charge is 0.397 e. The number of imidazole rings is 1. The molecule has 0 aliphatic heterocycles. The molecule has 0 radical (unpaired) electrons. The number of aliphatic hydroxyl groups is 1. The smallest absolute Gasteiger partial charge is 0.177 e. The maximum Gasteiger partial charge on any atom is 0.177 e. The fraction of sp³-hybridized carbons (Fsp3) is 0.250. The van der Waals surface area contributed by atoms with Gasteiger partial charge in [-0.25, -0.2) is 9.97 Å². The molecule has 0 saturated carbocycles. The summed E-state index contributed by atoms with van der Waals surface area (Å²) < 4.78 is 0. The van der Waals surface area contributed by atoms with E-state index in [9.17, 15) is 5.11 Å². The third-order valence-electron chi connectivity index (χ3n) is 1.77. The Balaban J connectivity index is 2.62. The number of aliphatic hydroxyl groups excluding tert-OH is 1. The normalized spacial score (nSPS) is 13.4. The van der Waals surface area contributed by atoms with Crippen LogP contribution in [0, 0.1) is 0 Å². The molecule has 5 nitrogen and oxygen atoms in total. The number of hydrogen-bond donors (Lipinski definition) is 3. The minimum Gasteiger partial charge on any atom is -0.397 e. The van der Waals surface area contributed by atoms with E-state index in [-0.39, 0.29) is 0 Å². The first-order valence-electron chi connectivity index (χ1n) is 3.96. The zero-order valence-electron chi connectivity index (χ0n) is 7.15. The number of aromatic nitrogens is 3. The quantitative estimate of drug-likeness (QED) is 0.596. The second kappa shape index (κ2) is 2.70. The van der Waals surface area contributed by atoms with Crippen molar-refractivity contribution in [3.63, 3.8) is 0 Å². The van der Waals surface area contributed by atoms with Gasteiger partial charge in [0.25, 0.3) is 0 Å². The molecule has 1 atom stereocenters. The first kappa shape index (κ1) is 8.00. The van der Waals surface area contributed by atoms with Crippen LogP contribution in [0.3, 0.4) is 0 Å². The number of anilines is 1. The highest BCUT2D eigenvalue weighted by molar-refractivity contribution is 5.74. The monoisotopic (exact) mass is 178 g/mol. The Kier molecular flexibility index (Phi) is 1.66. The maximum absolute atomic E-state index is 9.24. The number of nitrogens with two attached hydrogens (primary N) is 1. The van der Waals surface area contributed by atoms with Gasteiger partial charge in [-0.15, -0.1) is 0 Å². The summed E-state index contributed by atoms with van der Waals surface area (Å²) in [5.41, 5.74) is 7.43. The average molecular weight is 178 g/mol. The minimum absolute atomic E-state index is 0.508. The molecule has 0 saturated heterocycles. The highest BCUT2D eigenvalue weighted by Gasteiger charge is 2.07. The highest BCUT2D eigenvalue weighted by atomic mass is 16.3. The molecular weight excluding hydrogens is 168 g/mol. The van der Waals surface area contributed by atoms with Crippen molar-refractivity contribution in [1.82, 2.24) is 15.0 Å². The Morgan fingerprint density at radius 2 is 2.38 bits per heavy atom. The van der Waals surface area contributed by atoms with Gasteiger partial charge in [-0.1, -0.05) is 0 Å². The molecule has 4 N–H and O–H groups in total. The van der Waals surface area contributed by atoms with E-state index in [1.54, 1.807) is 13.0 Å². The minimum atomic E-state index is -0.615. The molecule has 68 valence electrons. The molecule has 0 aliphatic carbocycles. The summed E-state index contributed by atoms with van der Waals surface area (Å²) >= 11 is 0. The molecule has 0 aromatic carbocycles. The van der Waals surface area contributed by atoms with E-state index < -0.39 is 6.10 Å². The summed E-state index contributed by atoms with van der Waals surface area (Å²) in [5.74, 6) is 0.508. The van der Waals surface area contributed by atoms with Crippen molar-refractivity contribution in [2.75, 3.05) is 5.73 Å². The molecular formula is C8H10N4O. The van der Waals surface area contributed by atoms with Gasteiger partial charge < -0.3 is 15.8 Å². The lowest BCUT2D eigenvalue weighted by Gasteiger charge is -1.94. The van der Waals surface area contributed by atoms with Gasteiger partial charge in [-0.3, -0.25) is 0 Å². The van der Waals surface area contributed by atoms with Gasteiger partial charge in [0.1, 0.15) is 11.9 Å². The van der Waals surface area contributed by atoms with Crippen LogP contribution in [-0.2, 0) is 0 Å². The third-order valence-corrected chi connectivity index (χ3v) is 1.77. The van der Waals surface area contributed by atoms with Crippen molar-refractivity contribution in [3.05, 3.63) is 18.1 Å². The number of aromatic amines is 1. The second-order valence-corrected chi connectivity index (χ2v) is 2.94. The first-order valence-corrected chi connectivity index (χ1v) is 3.96. The molecule has 0 fully saturated rings. The highest BCUT2D eigenvalue weighted by Crippen LogP contribution is 2.15. The van der Waals surface area contributed by atoms with E-state index in [1.165, 1.54) is 6.20 Å². The predicted octanol–water partition coefficient (Wildman–Crippen LogP) is 0.593. The van der Waals surface area contributed by atoms with E-state index in [4.69, 9.17) is 5.73 Å².